The van der Waals surface area contributed by atoms with E-state index in [4.69, 9.17) is 9.47 Å². The summed E-state index contributed by atoms with van der Waals surface area (Å²) >= 11 is 0. The SMILES string of the molecule is CCC(C)C(=O)OCCN(C)CCOC(=O)C(C)C(C)(C)CC. The molecule has 0 aromatic heterocycles. The van der Waals surface area contributed by atoms with Gasteiger partial charge in [0.15, 0.2) is 0 Å². The third-order valence-electron chi connectivity index (χ3n) is 4.89. The molecule has 0 amide bonds. The quantitative estimate of drug-likeness (QED) is 0.545. The van der Waals surface area contributed by atoms with E-state index >= 15 is 0 Å². The number of ether oxygens (including phenoxy) is 2. The second kappa shape index (κ2) is 10.6. The van der Waals surface area contributed by atoms with E-state index in [1.165, 1.54) is 0 Å². The highest BCUT2D eigenvalue weighted by molar-refractivity contribution is 5.73. The van der Waals surface area contributed by atoms with Crippen LogP contribution in [-0.4, -0.2) is 50.2 Å². The number of hydrogen-bond donors (Lipinski definition) is 0. The van der Waals surface area contributed by atoms with Gasteiger partial charge in [-0.3, -0.25) is 14.5 Å². The molecule has 0 aliphatic heterocycles. The molecule has 0 aromatic carbocycles. The summed E-state index contributed by atoms with van der Waals surface area (Å²) in [6, 6.07) is 0. The molecule has 0 aliphatic rings. The molecule has 0 saturated carbocycles. The smallest absolute Gasteiger partial charge is 0.309 e. The molecule has 0 saturated heterocycles. The normalized spacial score (nSPS) is 14.4. The molecule has 136 valence electrons. The van der Waals surface area contributed by atoms with Crippen LogP contribution in [0.25, 0.3) is 0 Å². The Hall–Kier alpha value is -1.10. The lowest BCUT2D eigenvalue weighted by Gasteiger charge is -2.29. The van der Waals surface area contributed by atoms with Gasteiger partial charge in [0, 0.05) is 13.1 Å². The molecule has 2 atom stereocenters. The predicted molar refractivity (Wildman–Crippen MR) is 92.1 cm³/mol. The van der Waals surface area contributed by atoms with Gasteiger partial charge in [-0.1, -0.05) is 48.0 Å². The predicted octanol–water partition coefficient (Wildman–Crippen LogP) is 3.12. The molecule has 0 fully saturated rings. The number of hydrogen-bond acceptors (Lipinski definition) is 5. The van der Waals surface area contributed by atoms with Crippen molar-refractivity contribution in [1.82, 2.24) is 4.90 Å². The third kappa shape index (κ3) is 8.35. The fourth-order valence-corrected chi connectivity index (χ4v) is 1.78. The fraction of sp³-hybridized carbons (Fsp3) is 0.889. The summed E-state index contributed by atoms with van der Waals surface area (Å²) in [4.78, 5) is 25.6. The first-order valence-corrected chi connectivity index (χ1v) is 8.67. The van der Waals surface area contributed by atoms with Gasteiger partial charge >= 0.3 is 11.9 Å². The van der Waals surface area contributed by atoms with Crippen molar-refractivity contribution in [2.75, 3.05) is 33.4 Å². The Bertz CT molecular complexity index is 368. The number of likely N-dealkylation sites (N-methyl/N-ethyl adjacent to an activating group) is 1. The first-order valence-electron chi connectivity index (χ1n) is 8.67. The zero-order valence-electron chi connectivity index (χ0n) is 16.0. The zero-order valence-corrected chi connectivity index (χ0v) is 16.0. The van der Waals surface area contributed by atoms with Crippen LogP contribution >= 0.6 is 0 Å². The molecular formula is C18H35NO4. The Kier molecular flexibility index (Phi) is 10.1. The minimum atomic E-state index is -0.150. The average Bonchev–Trinajstić information content (AvgIpc) is 2.52. The topological polar surface area (TPSA) is 55.8 Å². The van der Waals surface area contributed by atoms with Crippen LogP contribution in [0.2, 0.25) is 0 Å². The van der Waals surface area contributed by atoms with Crippen molar-refractivity contribution in [3.8, 4) is 0 Å². The van der Waals surface area contributed by atoms with E-state index in [9.17, 15) is 9.59 Å². The molecule has 0 heterocycles. The Labute approximate surface area is 141 Å². The molecule has 2 unspecified atom stereocenters. The van der Waals surface area contributed by atoms with Crippen LogP contribution in [0.3, 0.4) is 0 Å². The standard InChI is InChI=1S/C18H35NO4/c1-8-14(3)16(20)22-12-10-19(7)11-13-23-17(21)15(4)18(5,6)9-2/h14-15H,8-13H2,1-7H3. The molecule has 0 bridgehead atoms. The Balaban J connectivity index is 3.92. The van der Waals surface area contributed by atoms with E-state index in [-0.39, 0.29) is 29.2 Å². The highest BCUT2D eigenvalue weighted by Gasteiger charge is 2.30. The Morgan fingerprint density at radius 3 is 1.91 bits per heavy atom. The number of carbonyl (C=O) groups excluding carboxylic acids is 2. The van der Waals surface area contributed by atoms with Crippen LogP contribution in [-0.2, 0) is 19.1 Å². The minimum Gasteiger partial charge on any atom is -0.464 e. The summed E-state index contributed by atoms with van der Waals surface area (Å²) in [7, 11) is 1.92. The lowest BCUT2D eigenvalue weighted by molar-refractivity contribution is -0.152. The van der Waals surface area contributed by atoms with Crippen molar-refractivity contribution in [1.29, 1.82) is 0 Å². The first-order chi connectivity index (χ1) is 10.7. The largest absolute Gasteiger partial charge is 0.464 e. The molecule has 0 radical (unpaired) electrons. The van der Waals surface area contributed by atoms with Crippen molar-refractivity contribution in [3.05, 3.63) is 0 Å². The molecule has 0 rings (SSSR count). The number of nitrogens with zero attached hydrogens (tertiary/aromatic N) is 1. The van der Waals surface area contributed by atoms with Gasteiger partial charge in [-0.05, 0) is 18.9 Å². The molecule has 0 spiro atoms. The van der Waals surface area contributed by atoms with Gasteiger partial charge in [0.2, 0.25) is 0 Å². The van der Waals surface area contributed by atoms with Crippen LogP contribution in [0.1, 0.15) is 54.4 Å². The van der Waals surface area contributed by atoms with Crippen molar-refractivity contribution in [3.63, 3.8) is 0 Å². The van der Waals surface area contributed by atoms with Gasteiger partial charge in [0.1, 0.15) is 13.2 Å². The molecule has 0 aliphatic carbocycles. The maximum atomic E-state index is 12.0. The number of carbonyl (C=O) groups is 2. The summed E-state index contributed by atoms with van der Waals surface area (Å²) < 4.78 is 10.6. The summed E-state index contributed by atoms with van der Waals surface area (Å²) in [6.45, 7) is 14.0. The second-order valence-corrected chi connectivity index (χ2v) is 7.01. The monoisotopic (exact) mass is 329 g/mol. The van der Waals surface area contributed by atoms with Gasteiger partial charge in [0.05, 0.1) is 11.8 Å². The Morgan fingerprint density at radius 1 is 1.00 bits per heavy atom. The van der Waals surface area contributed by atoms with Crippen LogP contribution in [0.15, 0.2) is 0 Å². The highest BCUT2D eigenvalue weighted by Crippen LogP contribution is 2.30. The minimum absolute atomic E-state index is 0.0485. The van der Waals surface area contributed by atoms with Crippen molar-refractivity contribution in [2.45, 2.75) is 54.4 Å². The molecule has 0 N–H and O–H groups in total. The summed E-state index contributed by atoms with van der Waals surface area (Å²) in [5, 5.41) is 0. The molecule has 0 aromatic rings. The van der Waals surface area contributed by atoms with Gasteiger partial charge in [-0.15, -0.1) is 0 Å². The van der Waals surface area contributed by atoms with E-state index < -0.39 is 0 Å². The van der Waals surface area contributed by atoms with Crippen LogP contribution < -0.4 is 0 Å². The lowest BCUT2D eigenvalue weighted by Crippen LogP contribution is -2.33. The van der Waals surface area contributed by atoms with Crippen molar-refractivity contribution >= 4 is 11.9 Å². The molecule has 5 heteroatoms. The lowest BCUT2D eigenvalue weighted by atomic mass is 9.78. The van der Waals surface area contributed by atoms with Gasteiger partial charge in [-0.25, -0.2) is 0 Å². The third-order valence-corrected chi connectivity index (χ3v) is 4.89. The van der Waals surface area contributed by atoms with Gasteiger partial charge < -0.3 is 9.47 Å². The average molecular weight is 329 g/mol. The second-order valence-electron chi connectivity index (χ2n) is 7.01. The maximum Gasteiger partial charge on any atom is 0.309 e. The van der Waals surface area contributed by atoms with E-state index in [0.29, 0.717) is 26.3 Å². The number of esters is 2. The van der Waals surface area contributed by atoms with Gasteiger partial charge in [0.25, 0.3) is 0 Å². The van der Waals surface area contributed by atoms with Crippen molar-refractivity contribution < 1.29 is 19.1 Å². The van der Waals surface area contributed by atoms with E-state index in [0.717, 1.165) is 12.8 Å². The van der Waals surface area contributed by atoms with E-state index in [1.54, 1.807) is 0 Å². The maximum absolute atomic E-state index is 12.0. The van der Waals surface area contributed by atoms with Crippen LogP contribution in [0.5, 0.6) is 0 Å². The Morgan fingerprint density at radius 2 is 1.48 bits per heavy atom. The van der Waals surface area contributed by atoms with E-state index in [2.05, 4.69) is 20.8 Å². The highest BCUT2D eigenvalue weighted by atomic mass is 16.5. The fourth-order valence-electron chi connectivity index (χ4n) is 1.78. The van der Waals surface area contributed by atoms with Crippen molar-refractivity contribution in [2.24, 2.45) is 17.3 Å². The molecular weight excluding hydrogens is 294 g/mol. The zero-order chi connectivity index (χ0) is 18.0. The van der Waals surface area contributed by atoms with Crippen LogP contribution in [0, 0.1) is 17.3 Å². The first kappa shape index (κ1) is 21.9. The van der Waals surface area contributed by atoms with E-state index in [1.807, 2.05) is 32.7 Å². The van der Waals surface area contributed by atoms with Gasteiger partial charge in [-0.2, -0.15) is 0 Å². The molecule has 5 nitrogen and oxygen atoms in total. The summed E-state index contributed by atoms with van der Waals surface area (Å²) in [5.74, 6) is -0.463. The summed E-state index contributed by atoms with van der Waals surface area (Å²) in [6.07, 6.45) is 1.72. The number of rotatable bonds is 11. The molecule has 23 heavy (non-hydrogen) atoms. The van der Waals surface area contributed by atoms with Crippen LogP contribution in [0.4, 0.5) is 0 Å². The summed E-state index contributed by atoms with van der Waals surface area (Å²) in [5.41, 5.74) is -0.0485.